The van der Waals surface area contributed by atoms with Crippen molar-refractivity contribution < 1.29 is 4.65 Å². The van der Waals surface area contributed by atoms with Crippen molar-refractivity contribution in [3.8, 4) is 11.4 Å². The number of hydroxylamine groups is 3. The van der Waals surface area contributed by atoms with Crippen LogP contribution in [0.2, 0.25) is 0 Å². The number of para-hydroxylation sites is 1. The Bertz CT molecular complexity index is 1320. The normalized spacial score (nSPS) is 17.3. The van der Waals surface area contributed by atoms with Crippen molar-refractivity contribution in [3.05, 3.63) is 58.0 Å². The molecule has 0 bridgehead atoms. The first-order chi connectivity index (χ1) is 14.3. The van der Waals surface area contributed by atoms with Crippen molar-refractivity contribution in [3.63, 3.8) is 0 Å². The Balaban J connectivity index is 1.54. The van der Waals surface area contributed by atoms with Gasteiger partial charge in [-0.05, 0) is 24.3 Å². The van der Waals surface area contributed by atoms with Crippen molar-refractivity contribution in [2.45, 2.75) is 12.5 Å². The van der Waals surface area contributed by atoms with Gasteiger partial charge in [-0.1, -0.05) is 18.2 Å². The Morgan fingerprint density at radius 1 is 1.17 bits per heavy atom. The summed E-state index contributed by atoms with van der Waals surface area (Å²) in [6.45, 7) is 1.56. The van der Waals surface area contributed by atoms with E-state index in [4.69, 9.17) is 5.73 Å². The standard InChI is InChI=1S/C22H24N6O2/c1-28(2,30)14-9-10-27(12-14)13-7-8-17-18(11-13)25-21(24-17)19-20(23)15-5-3-4-6-16(15)26-22(19)29/h3-8,11,14H,9-10,12H2,1-2H3,(H,24,25)(H3,23,26,29)/t14-/m0/s1. The number of nitrogens with zero attached hydrogens (tertiary/aromatic N) is 3. The molecule has 0 saturated carbocycles. The van der Waals surface area contributed by atoms with Crippen LogP contribution in [0.5, 0.6) is 0 Å². The van der Waals surface area contributed by atoms with Gasteiger partial charge in [-0.2, -0.15) is 0 Å². The Morgan fingerprint density at radius 2 is 1.97 bits per heavy atom. The third-order valence-corrected chi connectivity index (χ3v) is 6.07. The number of aromatic amines is 2. The van der Waals surface area contributed by atoms with E-state index >= 15 is 0 Å². The minimum Gasteiger partial charge on any atom is -0.633 e. The van der Waals surface area contributed by atoms with Crippen LogP contribution in [0.3, 0.4) is 0 Å². The smallest absolute Gasteiger partial charge is 0.261 e. The molecule has 0 radical (unpaired) electrons. The predicted octanol–water partition coefficient (Wildman–Crippen LogP) is 2.81. The number of nitrogens with two attached hydrogens (primary N) is 1. The van der Waals surface area contributed by atoms with Gasteiger partial charge in [-0.3, -0.25) is 4.79 Å². The van der Waals surface area contributed by atoms with Gasteiger partial charge < -0.3 is 30.5 Å². The molecule has 3 heterocycles. The zero-order chi connectivity index (χ0) is 21.0. The molecule has 0 unspecified atom stereocenters. The van der Waals surface area contributed by atoms with Gasteiger partial charge in [-0.25, -0.2) is 4.98 Å². The second-order valence-corrected chi connectivity index (χ2v) is 8.40. The molecular formula is C22H24N6O2. The van der Waals surface area contributed by atoms with Crippen LogP contribution in [0.25, 0.3) is 33.3 Å². The molecule has 0 amide bonds. The van der Waals surface area contributed by atoms with Crippen molar-refractivity contribution >= 4 is 33.3 Å². The summed E-state index contributed by atoms with van der Waals surface area (Å²) in [6, 6.07) is 13.5. The number of nitrogen functional groups attached to an aromatic ring is 1. The molecule has 4 N–H and O–H groups in total. The summed E-state index contributed by atoms with van der Waals surface area (Å²) in [4.78, 5) is 25.7. The van der Waals surface area contributed by atoms with Crippen molar-refractivity contribution in [1.82, 2.24) is 15.0 Å². The maximum Gasteiger partial charge on any atom is 0.261 e. The highest BCUT2D eigenvalue weighted by molar-refractivity contribution is 5.97. The molecule has 30 heavy (non-hydrogen) atoms. The van der Waals surface area contributed by atoms with E-state index in [1.54, 1.807) is 14.1 Å². The van der Waals surface area contributed by atoms with Crippen molar-refractivity contribution in [2.24, 2.45) is 0 Å². The van der Waals surface area contributed by atoms with E-state index in [0.29, 0.717) is 22.6 Å². The van der Waals surface area contributed by atoms with Crippen molar-refractivity contribution in [2.75, 3.05) is 37.8 Å². The van der Waals surface area contributed by atoms with E-state index < -0.39 is 0 Å². The van der Waals surface area contributed by atoms with Crippen LogP contribution in [0.15, 0.2) is 47.3 Å². The van der Waals surface area contributed by atoms with E-state index in [2.05, 4.69) is 19.9 Å². The number of H-pyrrole nitrogens is 2. The average Bonchev–Trinajstić information content (AvgIpc) is 3.34. The number of likely N-dealkylation sites (N-methyl/N-ethyl adjacent to an activating group) is 1. The van der Waals surface area contributed by atoms with Gasteiger partial charge in [0.15, 0.2) is 0 Å². The van der Waals surface area contributed by atoms with Gasteiger partial charge in [0, 0.05) is 24.0 Å². The molecule has 8 nitrogen and oxygen atoms in total. The average molecular weight is 404 g/mol. The molecule has 2 aromatic heterocycles. The monoisotopic (exact) mass is 404 g/mol. The number of quaternary nitrogens is 1. The van der Waals surface area contributed by atoms with Gasteiger partial charge >= 0.3 is 0 Å². The second kappa shape index (κ2) is 6.58. The predicted molar refractivity (Wildman–Crippen MR) is 120 cm³/mol. The summed E-state index contributed by atoms with van der Waals surface area (Å²) < 4.78 is -0.282. The fraction of sp³-hybridized carbons (Fsp3) is 0.273. The molecule has 2 aromatic carbocycles. The summed E-state index contributed by atoms with van der Waals surface area (Å²) in [5, 5.41) is 13.0. The number of hydrogen-bond donors (Lipinski definition) is 3. The number of aromatic nitrogens is 3. The Kier molecular flexibility index (Phi) is 4.09. The van der Waals surface area contributed by atoms with Gasteiger partial charge in [0.05, 0.1) is 42.9 Å². The number of pyridine rings is 1. The third kappa shape index (κ3) is 3.01. The quantitative estimate of drug-likeness (QED) is 0.359. The summed E-state index contributed by atoms with van der Waals surface area (Å²) >= 11 is 0. The van der Waals surface area contributed by atoms with Crippen LogP contribution in [0.4, 0.5) is 11.4 Å². The molecular weight excluding hydrogens is 380 g/mol. The maximum atomic E-state index is 12.7. The van der Waals surface area contributed by atoms with Crippen LogP contribution in [-0.4, -0.2) is 52.8 Å². The lowest BCUT2D eigenvalue weighted by molar-refractivity contribution is -0.863. The van der Waals surface area contributed by atoms with Crippen LogP contribution < -0.4 is 16.2 Å². The first kappa shape index (κ1) is 18.7. The highest BCUT2D eigenvalue weighted by Gasteiger charge is 2.30. The fourth-order valence-electron chi connectivity index (χ4n) is 4.30. The molecule has 1 atom stereocenters. The molecule has 1 fully saturated rings. The minimum absolute atomic E-state index is 0.0615. The molecule has 0 spiro atoms. The van der Waals surface area contributed by atoms with Crippen molar-refractivity contribution in [1.29, 1.82) is 0 Å². The van der Waals surface area contributed by atoms with Crippen LogP contribution in [-0.2, 0) is 0 Å². The SMILES string of the molecule is C[N+](C)([O-])[C@H]1CCN(c2ccc3[nH]c(-c4c(N)c5ccccc5[nH]c4=O)nc3c2)C1. The van der Waals surface area contributed by atoms with E-state index in [1.165, 1.54) is 0 Å². The first-order valence-electron chi connectivity index (χ1n) is 10.0. The first-order valence-corrected chi connectivity index (χ1v) is 10.0. The van der Waals surface area contributed by atoms with Gasteiger partial charge in [0.2, 0.25) is 0 Å². The lowest BCUT2D eigenvalue weighted by Gasteiger charge is -2.39. The number of rotatable bonds is 3. The Morgan fingerprint density at radius 3 is 2.73 bits per heavy atom. The highest BCUT2D eigenvalue weighted by Crippen LogP contribution is 2.31. The van der Waals surface area contributed by atoms with Gasteiger partial charge in [0.1, 0.15) is 17.4 Å². The summed E-state index contributed by atoms with van der Waals surface area (Å²) in [6.07, 6.45) is 0.864. The highest BCUT2D eigenvalue weighted by atomic mass is 16.5. The van der Waals surface area contributed by atoms with E-state index in [9.17, 15) is 10.0 Å². The van der Waals surface area contributed by atoms with Crippen LogP contribution in [0.1, 0.15) is 6.42 Å². The largest absolute Gasteiger partial charge is 0.633 e. The number of nitrogens with one attached hydrogen (secondary N) is 2. The second-order valence-electron chi connectivity index (χ2n) is 8.40. The maximum absolute atomic E-state index is 12.7. The molecule has 1 aliphatic rings. The topological polar surface area (TPSA) is 114 Å². The summed E-state index contributed by atoms with van der Waals surface area (Å²) in [5.74, 6) is 0.448. The zero-order valence-corrected chi connectivity index (χ0v) is 17.0. The third-order valence-electron chi connectivity index (χ3n) is 6.07. The lowest BCUT2D eigenvalue weighted by Crippen LogP contribution is -2.44. The molecule has 8 heteroatoms. The van der Waals surface area contributed by atoms with Gasteiger partial charge in [0.25, 0.3) is 5.56 Å². The van der Waals surface area contributed by atoms with Crippen LogP contribution >= 0.6 is 0 Å². The molecule has 154 valence electrons. The number of benzene rings is 2. The number of hydrogen-bond acceptors (Lipinski definition) is 5. The summed E-state index contributed by atoms with van der Waals surface area (Å²) in [5.41, 5.74) is 10.1. The van der Waals surface area contributed by atoms with Crippen LogP contribution in [0, 0.1) is 5.21 Å². The van der Waals surface area contributed by atoms with E-state index in [0.717, 1.165) is 41.6 Å². The molecule has 1 saturated heterocycles. The lowest BCUT2D eigenvalue weighted by atomic mass is 10.1. The fourth-order valence-corrected chi connectivity index (χ4v) is 4.30. The molecule has 5 rings (SSSR count). The molecule has 0 aliphatic carbocycles. The van der Waals surface area contributed by atoms with E-state index in [1.807, 2.05) is 42.5 Å². The van der Waals surface area contributed by atoms with E-state index in [-0.39, 0.29) is 16.2 Å². The molecule has 4 aromatic rings. The Hall–Kier alpha value is -3.36. The number of anilines is 2. The minimum atomic E-state index is -0.282. The Labute approximate surface area is 173 Å². The number of imidazole rings is 1. The molecule has 1 aliphatic heterocycles. The summed E-state index contributed by atoms with van der Waals surface area (Å²) in [7, 11) is 3.39. The van der Waals surface area contributed by atoms with Gasteiger partial charge in [-0.15, -0.1) is 0 Å². The zero-order valence-electron chi connectivity index (χ0n) is 17.0. The number of fused-ring (bicyclic) bond motifs is 2.